The molecule has 3 aromatic rings. The van der Waals surface area contributed by atoms with Crippen LogP contribution in [0.1, 0.15) is 41.0 Å². The molecule has 0 bridgehead atoms. The molecule has 1 N–H and O–H groups in total. The quantitative estimate of drug-likeness (QED) is 0.464. The van der Waals surface area contributed by atoms with E-state index in [1.165, 1.54) is 27.4 Å². The number of aromatic nitrogens is 1. The van der Waals surface area contributed by atoms with E-state index >= 15 is 0 Å². The molecule has 4 rings (SSSR count). The molecule has 0 saturated carbocycles. The molecule has 188 valence electrons. The van der Waals surface area contributed by atoms with Crippen molar-refractivity contribution in [3.8, 4) is 0 Å². The Hall–Kier alpha value is -3.23. The van der Waals surface area contributed by atoms with Crippen molar-refractivity contribution < 1.29 is 14.4 Å². The van der Waals surface area contributed by atoms with Crippen LogP contribution in [0.25, 0.3) is 0 Å². The minimum Gasteiger partial charge on any atom is -0.338 e. The molecule has 0 aliphatic carbocycles. The zero-order valence-corrected chi connectivity index (χ0v) is 21.9. The standard InChI is InChI=1S/C27H29ClN4O3S/c1-18(2)14-32(26(35)20-7-9-22(28)10-8-20)16-24(33)30-27-29-23(17-36-27)13-25(34)31-12-11-19-5-3-4-6-21(19)15-31/h3-10,17-18H,11-16H2,1-2H3,(H,29,30,33). The van der Waals surface area contributed by atoms with Crippen molar-refractivity contribution in [2.75, 3.05) is 25.0 Å². The zero-order chi connectivity index (χ0) is 25.7. The highest BCUT2D eigenvalue weighted by atomic mass is 35.5. The number of fused-ring (bicyclic) bond motifs is 1. The number of rotatable bonds is 8. The van der Waals surface area contributed by atoms with Crippen LogP contribution in [0.15, 0.2) is 53.9 Å². The maximum Gasteiger partial charge on any atom is 0.254 e. The van der Waals surface area contributed by atoms with Gasteiger partial charge in [0, 0.05) is 35.6 Å². The lowest BCUT2D eigenvalue weighted by Crippen LogP contribution is -2.40. The van der Waals surface area contributed by atoms with E-state index in [1.54, 1.807) is 29.6 Å². The molecule has 0 unspecified atom stereocenters. The van der Waals surface area contributed by atoms with Gasteiger partial charge in [0.25, 0.3) is 5.91 Å². The summed E-state index contributed by atoms with van der Waals surface area (Å²) in [5, 5.41) is 5.52. The van der Waals surface area contributed by atoms with E-state index in [-0.39, 0.29) is 36.6 Å². The number of benzene rings is 2. The van der Waals surface area contributed by atoms with E-state index in [0.29, 0.717) is 41.0 Å². The smallest absolute Gasteiger partial charge is 0.254 e. The number of thiazole rings is 1. The van der Waals surface area contributed by atoms with Crippen LogP contribution in [0, 0.1) is 5.92 Å². The molecule has 3 amide bonds. The van der Waals surface area contributed by atoms with Gasteiger partial charge < -0.3 is 15.1 Å². The number of carbonyl (C=O) groups excluding carboxylic acids is 3. The van der Waals surface area contributed by atoms with Crippen molar-refractivity contribution in [3.63, 3.8) is 0 Å². The molecule has 2 heterocycles. The number of halogens is 1. The number of carbonyl (C=O) groups is 3. The SMILES string of the molecule is CC(C)CN(CC(=O)Nc1nc(CC(=O)N2CCc3ccccc3C2)cs1)C(=O)c1ccc(Cl)cc1. The lowest BCUT2D eigenvalue weighted by atomic mass is 10.00. The van der Waals surface area contributed by atoms with E-state index in [0.717, 1.165) is 6.42 Å². The largest absolute Gasteiger partial charge is 0.338 e. The second-order valence-electron chi connectivity index (χ2n) is 9.29. The van der Waals surface area contributed by atoms with Gasteiger partial charge in [-0.25, -0.2) is 4.98 Å². The van der Waals surface area contributed by atoms with Gasteiger partial charge >= 0.3 is 0 Å². The zero-order valence-electron chi connectivity index (χ0n) is 20.4. The van der Waals surface area contributed by atoms with Crippen molar-refractivity contribution in [2.24, 2.45) is 5.92 Å². The van der Waals surface area contributed by atoms with Crippen LogP contribution in [-0.4, -0.2) is 52.1 Å². The summed E-state index contributed by atoms with van der Waals surface area (Å²) < 4.78 is 0. The molecule has 9 heteroatoms. The Morgan fingerprint density at radius 1 is 1.11 bits per heavy atom. The van der Waals surface area contributed by atoms with Gasteiger partial charge in [0.15, 0.2) is 5.13 Å². The van der Waals surface area contributed by atoms with E-state index < -0.39 is 0 Å². The summed E-state index contributed by atoms with van der Waals surface area (Å²) in [7, 11) is 0. The molecule has 1 aromatic heterocycles. The normalized spacial score (nSPS) is 12.8. The Bertz CT molecular complexity index is 1240. The number of nitrogens with one attached hydrogen (secondary N) is 1. The predicted octanol–water partition coefficient (Wildman–Crippen LogP) is 4.66. The summed E-state index contributed by atoms with van der Waals surface area (Å²) in [6.07, 6.45) is 1.03. The minimum atomic E-state index is -0.335. The fraction of sp³-hybridized carbons (Fsp3) is 0.333. The van der Waals surface area contributed by atoms with Crippen LogP contribution in [0.3, 0.4) is 0 Å². The van der Waals surface area contributed by atoms with Gasteiger partial charge in [-0.3, -0.25) is 14.4 Å². The third kappa shape index (κ3) is 6.71. The van der Waals surface area contributed by atoms with Crippen LogP contribution in [-0.2, 0) is 29.0 Å². The van der Waals surface area contributed by atoms with Crippen LogP contribution in [0.4, 0.5) is 5.13 Å². The van der Waals surface area contributed by atoms with Gasteiger partial charge in [-0.15, -0.1) is 11.3 Å². The first-order chi connectivity index (χ1) is 17.3. The Morgan fingerprint density at radius 2 is 1.83 bits per heavy atom. The first-order valence-corrected chi connectivity index (χ1v) is 13.2. The van der Waals surface area contributed by atoms with Crippen molar-refractivity contribution in [3.05, 3.63) is 81.3 Å². The third-order valence-corrected chi connectivity index (χ3v) is 6.97. The molecule has 0 radical (unpaired) electrons. The molecule has 1 aliphatic heterocycles. The topological polar surface area (TPSA) is 82.6 Å². The average molecular weight is 525 g/mol. The highest BCUT2D eigenvalue weighted by molar-refractivity contribution is 7.13. The first kappa shape index (κ1) is 25.9. The first-order valence-electron chi connectivity index (χ1n) is 11.9. The second-order valence-corrected chi connectivity index (χ2v) is 10.6. The van der Waals surface area contributed by atoms with E-state index in [2.05, 4.69) is 22.4 Å². The highest BCUT2D eigenvalue weighted by Crippen LogP contribution is 2.21. The molecule has 7 nitrogen and oxygen atoms in total. The van der Waals surface area contributed by atoms with E-state index in [1.807, 2.05) is 30.9 Å². The van der Waals surface area contributed by atoms with Crippen molar-refractivity contribution in [2.45, 2.75) is 33.2 Å². The Kier molecular flexibility index (Phi) is 8.38. The van der Waals surface area contributed by atoms with Gasteiger partial charge in [0.2, 0.25) is 11.8 Å². The van der Waals surface area contributed by atoms with E-state index in [4.69, 9.17) is 11.6 Å². The lowest BCUT2D eigenvalue weighted by molar-refractivity contribution is -0.131. The van der Waals surface area contributed by atoms with Crippen molar-refractivity contribution >= 4 is 45.8 Å². The van der Waals surface area contributed by atoms with Gasteiger partial charge in [0.1, 0.15) is 6.54 Å². The maximum absolute atomic E-state index is 13.0. The second kappa shape index (κ2) is 11.7. The van der Waals surface area contributed by atoms with Gasteiger partial charge in [-0.1, -0.05) is 49.7 Å². The summed E-state index contributed by atoms with van der Waals surface area (Å²) in [5.41, 5.74) is 3.57. The third-order valence-electron chi connectivity index (χ3n) is 5.91. The van der Waals surface area contributed by atoms with Crippen molar-refractivity contribution in [1.29, 1.82) is 0 Å². The summed E-state index contributed by atoms with van der Waals surface area (Å²) in [4.78, 5) is 46.4. The number of amides is 3. The molecule has 1 aliphatic rings. The summed E-state index contributed by atoms with van der Waals surface area (Å²) in [5.74, 6) is -0.362. The summed E-state index contributed by atoms with van der Waals surface area (Å²) in [6, 6.07) is 14.8. The van der Waals surface area contributed by atoms with Crippen molar-refractivity contribution in [1.82, 2.24) is 14.8 Å². The number of hydrogen-bond acceptors (Lipinski definition) is 5. The molecule has 36 heavy (non-hydrogen) atoms. The number of anilines is 1. The van der Waals surface area contributed by atoms with Gasteiger partial charge in [-0.05, 0) is 47.7 Å². The summed E-state index contributed by atoms with van der Waals surface area (Å²) >= 11 is 7.20. The minimum absolute atomic E-state index is 0.0179. The molecule has 0 atom stereocenters. The lowest BCUT2D eigenvalue weighted by Gasteiger charge is -2.28. The predicted molar refractivity (Wildman–Crippen MR) is 142 cm³/mol. The molecular weight excluding hydrogens is 496 g/mol. The van der Waals surface area contributed by atoms with Crippen LogP contribution < -0.4 is 5.32 Å². The fourth-order valence-corrected chi connectivity index (χ4v) is 5.04. The maximum atomic E-state index is 13.0. The molecule has 2 aromatic carbocycles. The molecule has 0 saturated heterocycles. The Morgan fingerprint density at radius 3 is 2.56 bits per heavy atom. The van der Waals surface area contributed by atoms with Gasteiger partial charge in [0.05, 0.1) is 12.1 Å². The Labute approximate surface area is 220 Å². The fourth-order valence-electron chi connectivity index (χ4n) is 4.19. The average Bonchev–Trinajstić information content (AvgIpc) is 3.29. The van der Waals surface area contributed by atoms with Crippen LogP contribution in [0.5, 0.6) is 0 Å². The summed E-state index contributed by atoms with van der Waals surface area (Å²) in [6.45, 7) is 5.62. The molecule has 0 fully saturated rings. The van der Waals surface area contributed by atoms with E-state index in [9.17, 15) is 14.4 Å². The molecular formula is C27H29ClN4O3S. The van der Waals surface area contributed by atoms with Crippen LogP contribution in [0.2, 0.25) is 5.02 Å². The monoisotopic (exact) mass is 524 g/mol. The van der Waals surface area contributed by atoms with Gasteiger partial charge in [-0.2, -0.15) is 0 Å². The number of hydrogen-bond donors (Lipinski definition) is 1. The Balaban J connectivity index is 1.33. The van der Waals surface area contributed by atoms with Crippen LogP contribution >= 0.6 is 22.9 Å². The molecule has 0 spiro atoms. The highest BCUT2D eigenvalue weighted by Gasteiger charge is 2.23. The number of nitrogens with zero attached hydrogens (tertiary/aromatic N) is 3.